The minimum Gasteiger partial charge on any atom is -0.313 e. The molecule has 0 atom stereocenters. The molecule has 0 aliphatic heterocycles. The van der Waals surface area contributed by atoms with E-state index in [9.17, 15) is 4.39 Å². The van der Waals surface area contributed by atoms with Crippen molar-refractivity contribution in [1.82, 2.24) is 10.3 Å². The minimum atomic E-state index is -0.200. The van der Waals surface area contributed by atoms with Gasteiger partial charge in [0.05, 0.1) is 10.2 Å². The zero-order valence-corrected chi connectivity index (χ0v) is 13.2. The summed E-state index contributed by atoms with van der Waals surface area (Å²) in [5.41, 5.74) is 1.95. The molecule has 5 heteroatoms. The number of hydrogen-bond acceptors (Lipinski definition) is 4. The molecule has 0 aliphatic carbocycles. The first-order valence-corrected chi connectivity index (χ1v) is 8.41. The fourth-order valence-electron chi connectivity index (χ4n) is 2.05. The van der Waals surface area contributed by atoms with Crippen LogP contribution in [-0.2, 0) is 6.54 Å². The van der Waals surface area contributed by atoms with Gasteiger partial charge in [0, 0.05) is 11.4 Å². The molecule has 0 saturated carbocycles. The number of para-hydroxylation sites is 1. The summed E-state index contributed by atoms with van der Waals surface area (Å²) in [4.78, 5) is 5.46. The van der Waals surface area contributed by atoms with Gasteiger partial charge in [-0.3, -0.25) is 0 Å². The highest BCUT2D eigenvalue weighted by Gasteiger charge is 2.07. The van der Waals surface area contributed by atoms with E-state index >= 15 is 0 Å². The molecule has 0 bridgehead atoms. The summed E-state index contributed by atoms with van der Waals surface area (Å²) in [5, 5.41) is 3.22. The SMILES string of the molecule is CCNCc1cc(F)cc(Sc2nc3ccccc3s2)c1. The van der Waals surface area contributed by atoms with Crippen LogP contribution < -0.4 is 5.32 Å². The predicted octanol–water partition coefficient (Wildman–Crippen LogP) is 4.70. The summed E-state index contributed by atoms with van der Waals surface area (Å²) >= 11 is 3.15. The molecule has 0 saturated heterocycles. The van der Waals surface area contributed by atoms with Crippen molar-refractivity contribution in [3.05, 3.63) is 53.8 Å². The Kier molecular flexibility index (Phi) is 4.53. The van der Waals surface area contributed by atoms with Gasteiger partial charge in [-0.15, -0.1) is 11.3 Å². The molecule has 21 heavy (non-hydrogen) atoms. The van der Waals surface area contributed by atoms with Crippen molar-refractivity contribution in [3.8, 4) is 0 Å². The number of fused-ring (bicyclic) bond motifs is 1. The third-order valence-corrected chi connectivity index (χ3v) is 5.06. The van der Waals surface area contributed by atoms with Crippen molar-refractivity contribution in [2.24, 2.45) is 0 Å². The zero-order valence-electron chi connectivity index (χ0n) is 11.6. The van der Waals surface area contributed by atoms with E-state index in [2.05, 4.69) is 16.4 Å². The molecule has 3 aromatic rings. The van der Waals surface area contributed by atoms with E-state index in [0.717, 1.165) is 31.6 Å². The highest BCUT2D eigenvalue weighted by molar-refractivity contribution is 8.01. The summed E-state index contributed by atoms with van der Waals surface area (Å²) in [6, 6.07) is 13.2. The standard InChI is InChI=1S/C16H15FN2S2/c1-2-18-10-11-7-12(17)9-13(8-11)20-16-19-14-5-3-4-6-15(14)21-16/h3-9,18H,2,10H2,1H3. The van der Waals surface area contributed by atoms with Crippen LogP contribution in [0.4, 0.5) is 4.39 Å². The van der Waals surface area contributed by atoms with Gasteiger partial charge in [-0.2, -0.15) is 0 Å². The summed E-state index contributed by atoms with van der Waals surface area (Å²) < 4.78 is 15.8. The van der Waals surface area contributed by atoms with Crippen LogP contribution in [0.3, 0.4) is 0 Å². The maximum Gasteiger partial charge on any atom is 0.155 e. The number of nitrogens with one attached hydrogen (secondary N) is 1. The monoisotopic (exact) mass is 318 g/mol. The van der Waals surface area contributed by atoms with E-state index < -0.39 is 0 Å². The van der Waals surface area contributed by atoms with Crippen LogP contribution in [0.2, 0.25) is 0 Å². The summed E-state index contributed by atoms with van der Waals surface area (Å²) in [7, 11) is 0. The van der Waals surface area contributed by atoms with E-state index in [1.165, 1.54) is 11.8 Å². The van der Waals surface area contributed by atoms with Gasteiger partial charge in [-0.25, -0.2) is 9.37 Å². The lowest BCUT2D eigenvalue weighted by molar-refractivity contribution is 0.617. The third kappa shape index (κ3) is 3.61. The van der Waals surface area contributed by atoms with E-state index in [4.69, 9.17) is 0 Å². The predicted molar refractivity (Wildman–Crippen MR) is 87.5 cm³/mol. The molecule has 3 rings (SSSR count). The zero-order chi connectivity index (χ0) is 14.7. The Morgan fingerprint density at radius 1 is 1.24 bits per heavy atom. The van der Waals surface area contributed by atoms with Crippen LogP contribution in [0.15, 0.2) is 51.7 Å². The summed E-state index contributed by atoms with van der Waals surface area (Å²) in [6.45, 7) is 3.59. The van der Waals surface area contributed by atoms with Crippen molar-refractivity contribution in [1.29, 1.82) is 0 Å². The number of halogens is 1. The second-order valence-corrected chi connectivity index (χ2v) is 6.98. The number of nitrogens with zero attached hydrogens (tertiary/aromatic N) is 1. The highest BCUT2D eigenvalue weighted by Crippen LogP contribution is 2.34. The van der Waals surface area contributed by atoms with Gasteiger partial charge < -0.3 is 5.32 Å². The highest BCUT2D eigenvalue weighted by atomic mass is 32.2. The molecule has 0 radical (unpaired) electrons. The van der Waals surface area contributed by atoms with Crippen molar-refractivity contribution in [3.63, 3.8) is 0 Å². The lowest BCUT2D eigenvalue weighted by atomic mass is 10.2. The van der Waals surface area contributed by atoms with Crippen molar-refractivity contribution in [2.75, 3.05) is 6.54 Å². The first kappa shape index (κ1) is 14.5. The van der Waals surface area contributed by atoms with E-state index in [-0.39, 0.29) is 5.82 Å². The van der Waals surface area contributed by atoms with Crippen molar-refractivity contribution < 1.29 is 4.39 Å². The van der Waals surface area contributed by atoms with Crippen molar-refractivity contribution >= 4 is 33.3 Å². The number of thiazole rings is 1. The fourth-order valence-corrected chi connectivity index (χ4v) is 4.20. The molecule has 1 N–H and O–H groups in total. The molecule has 0 spiro atoms. The van der Waals surface area contributed by atoms with Gasteiger partial charge in [0.25, 0.3) is 0 Å². The normalized spacial score (nSPS) is 11.1. The summed E-state index contributed by atoms with van der Waals surface area (Å²) in [6.07, 6.45) is 0. The Hall–Kier alpha value is -1.43. The lowest BCUT2D eigenvalue weighted by Crippen LogP contribution is -2.11. The average Bonchev–Trinajstić information content (AvgIpc) is 2.86. The molecule has 0 fully saturated rings. The van der Waals surface area contributed by atoms with Gasteiger partial charge in [0.1, 0.15) is 5.82 Å². The van der Waals surface area contributed by atoms with Gasteiger partial charge in [-0.1, -0.05) is 30.8 Å². The second-order valence-electron chi connectivity index (χ2n) is 4.63. The van der Waals surface area contributed by atoms with Gasteiger partial charge in [0.2, 0.25) is 0 Å². The Morgan fingerprint density at radius 3 is 2.90 bits per heavy atom. The number of benzene rings is 2. The molecular weight excluding hydrogens is 303 g/mol. The third-order valence-electron chi connectivity index (χ3n) is 2.99. The van der Waals surface area contributed by atoms with Crippen molar-refractivity contribution in [2.45, 2.75) is 22.7 Å². The Morgan fingerprint density at radius 2 is 2.10 bits per heavy atom. The maximum absolute atomic E-state index is 13.7. The Bertz CT molecular complexity index is 722. The maximum atomic E-state index is 13.7. The second kappa shape index (κ2) is 6.56. The fraction of sp³-hybridized carbons (Fsp3) is 0.188. The molecule has 0 unspecified atom stereocenters. The lowest BCUT2D eigenvalue weighted by Gasteiger charge is -2.05. The van der Waals surface area contributed by atoms with Crippen LogP contribution in [0, 0.1) is 5.82 Å². The first-order chi connectivity index (χ1) is 10.2. The minimum absolute atomic E-state index is 0.200. The van der Waals surface area contributed by atoms with E-state index in [1.54, 1.807) is 23.5 Å². The van der Waals surface area contributed by atoms with Gasteiger partial charge >= 0.3 is 0 Å². The molecule has 0 amide bonds. The number of rotatable bonds is 5. The molecule has 1 heterocycles. The topological polar surface area (TPSA) is 24.9 Å². The Labute approximate surface area is 131 Å². The number of hydrogen-bond donors (Lipinski definition) is 1. The average molecular weight is 318 g/mol. The quantitative estimate of drug-likeness (QED) is 0.738. The van der Waals surface area contributed by atoms with Crippen LogP contribution in [0.25, 0.3) is 10.2 Å². The summed E-state index contributed by atoms with van der Waals surface area (Å²) in [5.74, 6) is -0.200. The van der Waals surface area contributed by atoms with E-state index in [1.807, 2.05) is 31.2 Å². The molecule has 1 aromatic heterocycles. The van der Waals surface area contributed by atoms with Crippen LogP contribution in [-0.4, -0.2) is 11.5 Å². The molecule has 0 aliphatic rings. The van der Waals surface area contributed by atoms with Gasteiger partial charge in [-0.05, 0) is 42.4 Å². The van der Waals surface area contributed by atoms with E-state index in [0.29, 0.717) is 6.54 Å². The van der Waals surface area contributed by atoms with Crippen LogP contribution in [0.5, 0.6) is 0 Å². The largest absolute Gasteiger partial charge is 0.313 e. The van der Waals surface area contributed by atoms with Gasteiger partial charge in [0.15, 0.2) is 4.34 Å². The Balaban J connectivity index is 1.84. The molecule has 2 nitrogen and oxygen atoms in total. The first-order valence-electron chi connectivity index (χ1n) is 6.78. The van der Waals surface area contributed by atoms with Crippen LogP contribution >= 0.6 is 23.1 Å². The molecular formula is C16H15FN2S2. The van der Waals surface area contributed by atoms with Crippen LogP contribution in [0.1, 0.15) is 12.5 Å². The number of aromatic nitrogens is 1. The smallest absolute Gasteiger partial charge is 0.155 e. The molecule has 2 aromatic carbocycles. The molecule has 108 valence electrons.